The standard InChI is InChI=1S/C12H9BrFNO3S/c13-8-2-1-3-10(6-8)19(17,18)15-9-4-5-12(16)11(14)7-9/h1-7,15-16H. The molecule has 2 N–H and O–H groups in total. The van der Waals surface area contributed by atoms with Crippen molar-refractivity contribution in [3.63, 3.8) is 0 Å². The largest absolute Gasteiger partial charge is 0.505 e. The third-order valence-corrected chi connectivity index (χ3v) is 4.18. The third-order valence-electron chi connectivity index (χ3n) is 2.31. The van der Waals surface area contributed by atoms with Gasteiger partial charge in [0.25, 0.3) is 10.0 Å². The molecule has 0 bridgehead atoms. The lowest BCUT2D eigenvalue weighted by atomic mass is 10.3. The predicted octanol–water partition coefficient (Wildman–Crippen LogP) is 3.09. The van der Waals surface area contributed by atoms with Gasteiger partial charge in [-0.15, -0.1) is 0 Å². The van der Waals surface area contributed by atoms with Crippen LogP contribution in [0.15, 0.2) is 51.8 Å². The van der Waals surface area contributed by atoms with Crippen molar-refractivity contribution in [3.8, 4) is 5.75 Å². The number of aromatic hydroxyl groups is 1. The summed E-state index contributed by atoms with van der Waals surface area (Å²) in [6, 6.07) is 9.38. The smallest absolute Gasteiger partial charge is 0.261 e. The van der Waals surface area contributed by atoms with E-state index in [9.17, 15) is 12.8 Å². The minimum absolute atomic E-state index is 0.0373. The van der Waals surface area contributed by atoms with Gasteiger partial charge in [0.1, 0.15) is 0 Å². The molecule has 0 aliphatic rings. The van der Waals surface area contributed by atoms with Crippen molar-refractivity contribution < 1.29 is 17.9 Å². The second kappa shape index (κ2) is 5.18. The number of benzene rings is 2. The van der Waals surface area contributed by atoms with Crippen molar-refractivity contribution in [2.24, 2.45) is 0 Å². The van der Waals surface area contributed by atoms with E-state index in [2.05, 4.69) is 20.7 Å². The summed E-state index contributed by atoms with van der Waals surface area (Å²) in [7, 11) is -3.79. The van der Waals surface area contributed by atoms with Crippen molar-refractivity contribution in [3.05, 3.63) is 52.8 Å². The van der Waals surface area contributed by atoms with Gasteiger partial charge < -0.3 is 5.11 Å². The maximum absolute atomic E-state index is 13.1. The van der Waals surface area contributed by atoms with Crippen LogP contribution in [0.4, 0.5) is 10.1 Å². The van der Waals surface area contributed by atoms with Crippen LogP contribution in [-0.4, -0.2) is 13.5 Å². The van der Waals surface area contributed by atoms with Gasteiger partial charge >= 0.3 is 0 Å². The predicted molar refractivity (Wildman–Crippen MR) is 73.0 cm³/mol. The zero-order valence-electron chi connectivity index (χ0n) is 9.47. The fraction of sp³-hybridized carbons (Fsp3) is 0. The molecule has 100 valence electrons. The van der Waals surface area contributed by atoms with Crippen LogP contribution in [-0.2, 0) is 10.0 Å². The van der Waals surface area contributed by atoms with Crippen LogP contribution in [0, 0.1) is 5.82 Å². The lowest BCUT2D eigenvalue weighted by Gasteiger charge is -2.08. The number of rotatable bonds is 3. The van der Waals surface area contributed by atoms with Gasteiger partial charge in [-0.25, -0.2) is 12.8 Å². The molecule has 0 aromatic heterocycles. The molecule has 0 spiro atoms. The number of nitrogens with one attached hydrogen (secondary N) is 1. The zero-order chi connectivity index (χ0) is 14.0. The zero-order valence-corrected chi connectivity index (χ0v) is 11.9. The third kappa shape index (κ3) is 3.24. The second-order valence-electron chi connectivity index (χ2n) is 3.73. The quantitative estimate of drug-likeness (QED) is 0.840. The van der Waals surface area contributed by atoms with E-state index in [1.54, 1.807) is 12.1 Å². The molecule has 2 aromatic carbocycles. The minimum Gasteiger partial charge on any atom is -0.505 e. The molecule has 2 rings (SSSR count). The van der Waals surface area contributed by atoms with Crippen LogP contribution in [0.5, 0.6) is 5.75 Å². The Hall–Kier alpha value is -1.60. The van der Waals surface area contributed by atoms with Gasteiger partial charge in [-0.3, -0.25) is 4.72 Å². The van der Waals surface area contributed by atoms with Crippen LogP contribution >= 0.6 is 15.9 Å². The van der Waals surface area contributed by atoms with Gasteiger partial charge in [0.05, 0.1) is 10.6 Å². The lowest BCUT2D eigenvalue weighted by Crippen LogP contribution is -2.12. The first-order valence-corrected chi connectivity index (χ1v) is 7.43. The normalized spacial score (nSPS) is 11.3. The molecule has 0 atom stereocenters. The molecular formula is C12H9BrFNO3S. The molecule has 19 heavy (non-hydrogen) atoms. The molecule has 0 saturated heterocycles. The highest BCUT2D eigenvalue weighted by molar-refractivity contribution is 9.10. The molecule has 0 heterocycles. The fourth-order valence-electron chi connectivity index (χ4n) is 1.42. The molecule has 7 heteroatoms. The van der Waals surface area contributed by atoms with Crippen molar-refractivity contribution in [1.29, 1.82) is 0 Å². The Morgan fingerprint density at radius 2 is 1.89 bits per heavy atom. The summed E-state index contributed by atoms with van der Waals surface area (Å²) in [5, 5.41) is 9.04. The van der Waals surface area contributed by atoms with E-state index in [4.69, 9.17) is 5.11 Å². The molecule has 0 fully saturated rings. The number of phenols is 1. The van der Waals surface area contributed by atoms with Crippen molar-refractivity contribution in [2.75, 3.05) is 4.72 Å². The van der Waals surface area contributed by atoms with Gasteiger partial charge in [0.15, 0.2) is 11.6 Å². The first kappa shape index (κ1) is 13.8. The Morgan fingerprint density at radius 1 is 1.16 bits per heavy atom. The molecule has 0 aliphatic heterocycles. The highest BCUT2D eigenvalue weighted by Crippen LogP contribution is 2.23. The summed E-state index contributed by atoms with van der Waals surface area (Å²) >= 11 is 3.18. The number of halogens is 2. The van der Waals surface area contributed by atoms with E-state index in [-0.39, 0.29) is 10.6 Å². The molecule has 0 unspecified atom stereocenters. The van der Waals surface area contributed by atoms with Gasteiger partial charge in [0, 0.05) is 10.5 Å². The van der Waals surface area contributed by atoms with E-state index >= 15 is 0 Å². The molecule has 0 aliphatic carbocycles. The van der Waals surface area contributed by atoms with E-state index in [1.807, 2.05) is 0 Å². The van der Waals surface area contributed by atoms with Crippen molar-refractivity contribution in [2.45, 2.75) is 4.90 Å². The Balaban J connectivity index is 2.33. The van der Waals surface area contributed by atoms with Crippen LogP contribution in [0.1, 0.15) is 0 Å². The van der Waals surface area contributed by atoms with Crippen LogP contribution in [0.3, 0.4) is 0 Å². The number of hydrogen-bond acceptors (Lipinski definition) is 3. The molecular weight excluding hydrogens is 337 g/mol. The number of sulfonamides is 1. The van der Waals surface area contributed by atoms with Crippen molar-refractivity contribution >= 4 is 31.6 Å². The Morgan fingerprint density at radius 3 is 2.53 bits per heavy atom. The average Bonchev–Trinajstić information content (AvgIpc) is 2.33. The average molecular weight is 346 g/mol. The minimum atomic E-state index is -3.79. The monoisotopic (exact) mass is 345 g/mol. The Bertz CT molecular complexity index is 719. The molecule has 0 saturated carbocycles. The lowest BCUT2D eigenvalue weighted by molar-refractivity contribution is 0.432. The summed E-state index contributed by atoms with van der Waals surface area (Å²) in [6.07, 6.45) is 0. The fourth-order valence-corrected chi connectivity index (χ4v) is 3.06. The first-order chi connectivity index (χ1) is 8.88. The SMILES string of the molecule is O=S(=O)(Nc1ccc(O)c(F)c1)c1cccc(Br)c1. The summed E-state index contributed by atoms with van der Waals surface area (Å²) in [5.41, 5.74) is 0.0373. The number of anilines is 1. The maximum atomic E-state index is 13.1. The maximum Gasteiger partial charge on any atom is 0.261 e. The topological polar surface area (TPSA) is 66.4 Å². The van der Waals surface area contributed by atoms with Gasteiger partial charge in [-0.1, -0.05) is 22.0 Å². The summed E-state index contributed by atoms with van der Waals surface area (Å²) in [5.74, 6) is -1.43. The molecule has 0 radical (unpaired) electrons. The van der Waals surface area contributed by atoms with Crippen LogP contribution < -0.4 is 4.72 Å². The van der Waals surface area contributed by atoms with Crippen LogP contribution in [0.2, 0.25) is 0 Å². The Kier molecular flexibility index (Phi) is 3.77. The molecule has 0 amide bonds. The van der Waals surface area contributed by atoms with E-state index < -0.39 is 21.6 Å². The van der Waals surface area contributed by atoms with Crippen molar-refractivity contribution in [1.82, 2.24) is 0 Å². The van der Waals surface area contributed by atoms with E-state index in [0.717, 1.165) is 12.1 Å². The van der Waals surface area contributed by atoms with E-state index in [1.165, 1.54) is 18.2 Å². The molecule has 2 aromatic rings. The first-order valence-electron chi connectivity index (χ1n) is 5.15. The highest BCUT2D eigenvalue weighted by Gasteiger charge is 2.15. The Labute approximate surface area is 118 Å². The molecule has 4 nitrogen and oxygen atoms in total. The van der Waals surface area contributed by atoms with Gasteiger partial charge in [0.2, 0.25) is 0 Å². The van der Waals surface area contributed by atoms with E-state index in [0.29, 0.717) is 4.47 Å². The van der Waals surface area contributed by atoms with Gasteiger partial charge in [-0.2, -0.15) is 0 Å². The summed E-state index contributed by atoms with van der Waals surface area (Å²) in [6.45, 7) is 0. The van der Waals surface area contributed by atoms with Gasteiger partial charge in [-0.05, 0) is 30.3 Å². The summed E-state index contributed by atoms with van der Waals surface area (Å²) in [4.78, 5) is 0.0513. The number of hydrogen-bond donors (Lipinski definition) is 2. The summed E-state index contributed by atoms with van der Waals surface area (Å²) < 4.78 is 40.0. The second-order valence-corrected chi connectivity index (χ2v) is 6.33. The van der Waals surface area contributed by atoms with Crippen LogP contribution in [0.25, 0.3) is 0 Å². The number of phenolic OH excluding ortho intramolecular Hbond substituents is 1. The highest BCUT2D eigenvalue weighted by atomic mass is 79.9.